The van der Waals surface area contributed by atoms with Crippen LogP contribution in [0.3, 0.4) is 0 Å². The van der Waals surface area contributed by atoms with Crippen LogP contribution in [0.2, 0.25) is 0 Å². The minimum atomic E-state index is 0.571. The molecule has 3 heteroatoms. The number of aromatic nitrogens is 2. The predicted octanol–water partition coefficient (Wildman–Crippen LogP) is 4.04. The summed E-state index contributed by atoms with van der Waals surface area (Å²) in [6.45, 7) is 2.25. The number of hydrogen-bond acceptors (Lipinski definition) is 2. The second kappa shape index (κ2) is 7.57. The van der Waals surface area contributed by atoms with Gasteiger partial charge in [-0.05, 0) is 30.6 Å². The highest BCUT2D eigenvalue weighted by atomic mass is 32.1. The van der Waals surface area contributed by atoms with Crippen molar-refractivity contribution in [1.29, 1.82) is 0 Å². The summed E-state index contributed by atoms with van der Waals surface area (Å²) < 4.78 is 0.571. The van der Waals surface area contributed by atoms with Crippen molar-refractivity contribution in [2.24, 2.45) is 0 Å². The molecule has 0 aliphatic heterocycles. The fraction of sp³-hybridized carbons (Fsp3) is 0.667. The predicted molar refractivity (Wildman–Crippen MR) is 66.5 cm³/mol. The van der Waals surface area contributed by atoms with Crippen LogP contribution in [0.15, 0.2) is 12.4 Å². The maximum absolute atomic E-state index is 4.89. The number of nitrogens with zero attached hydrogens (tertiary/aromatic N) is 1. The van der Waals surface area contributed by atoms with Crippen LogP contribution in [-0.4, -0.2) is 9.97 Å². The van der Waals surface area contributed by atoms with Gasteiger partial charge in [-0.1, -0.05) is 39.0 Å². The van der Waals surface area contributed by atoms with E-state index in [1.807, 2.05) is 12.4 Å². The quantitative estimate of drug-likeness (QED) is 0.559. The van der Waals surface area contributed by atoms with Crippen LogP contribution < -0.4 is 0 Å². The summed E-state index contributed by atoms with van der Waals surface area (Å²) in [4.78, 5) is 7.03. The van der Waals surface area contributed by atoms with Crippen molar-refractivity contribution >= 4 is 12.2 Å². The third-order valence-electron chi connectivity index (χ3n) is 2.55. The fourth-order valence-corrected chi connectivity index (χ4v) is 1.73. The molecule has 1 N–H and O–H groups in total. The van der Waals surface area contributed by atoms with Crippen molar-refractivity contribution < 1.29 is 0 Å². The zero-order valence-corrected chi connectivity index (χ0v) is 10.3. The Morgan fingerprint density at radius 2 is 1.93 bits per heavy atom. The molecule has 0 aromatic carbocycles. The van der Waals surface area contributed by atoms with Gasteiger partial charge < -0.3 is 4.98 Å². The maximum Gasteiger partial charge on any atom is 0.196 e. The molecule has 0 saturated carbocycles. The molecule has 15 heavy (non-hydrogen) atoms. The summed E-state index contributed by atoms with van der Waals surface area (Å²) in [5.74, 6) is 0. The van der Waals surface area contributed by atoms with Gasteiger partial charge in [0.1, 0.15) is 0 Å². The molecule has 84 valence electrons. The van der Waals surface area contributed by atoms with Gasteiger partial charge in [0.2, 0.25) is 0 Å². The van der Waals surface area contributed by atoms with Crippen molar-refractivity contribution in [2.45, 2.75) is 51.9 Å². The van der Waals surface area contributed by atoms with Crippen molar-refractivity contribution in [3.63, 3.8) is 0 Å². The first-order chi connectivity index (χ1) is 7.33. The molecule has 0 amide bonds. The SMILES string of the molecule is CCCCCCCCc1cnc(=S)[nH]c1. The minimum absolute atomic E-state index is 0.571. The Balaban J connectivity index is 2.10. The highest BCUT2D eigenvalue weighted by Crippen LogP contribution is 2.08. The van der Waals surface area contributed by atoms with E-state index in [0.29, 0.717) is 4.77 Å². The first-order valence-electron chi connectivity index (χ1n) is 5.86. The zero-order chi connectivity index (χ0) is 10.9. The van der Waals surface area contributed by atoms with Gasteiger partial charge in [0.05, 0.1) is 0 Å². The number of hydrogen-bond donors (Lipinski definition) is 1. The summed E-state index contributed by atoms with van der Waals surface area (Å²) in [5, 5.41) is 0. The average molecular weight is 224 g/mol. The molecular weight excluding hydrogens is 204 g/mol. The number of rotatable bonds is 7. The molecule has 0 bridgehead atoms. The van der Waals surface area contributed by atoms with Gasteiger partial charge in [-0.3, -0.25) is 0 Å². The number of aryl methyl sites for hydroxylation is 1. The summed E-state index contributed by atoms with van der Waals surface area (Å²) in [5.41, 5.74) is 1.26. The molecule has 1 rings (SSSR count). The molecule has 1 heterocycles. The van der Waals surface area contributed by atoms with Gasteiger partial charge in [0.25, 0.3) is 0 Å². The van der Waals surface area contributed by atoms with Crippen LogP contribution in [-0.2, 0) is 6.42 Å². The van der Waals surface area contributed by atoms with E-state index in [2.05, 4.69) is 16.9 Å². The van der Waals surface area contributed by atoms with Crippen LogP contribution in [0.1, 0.15) is 51.0 Å². The fourth-order valence-electron chi connectivity index (χ4n) is 1.62. The van der Waals surface area contributed by atoms with Crippen LogP contribution in [0.5, 0.6) is 0 Å². The molecule has 1 aromatic rings. The van der Waals surface area contributed by atoms with Crippen molar-refractivity contribution in [3.05, 3.63) is 22.7 Å². The molecule has 0 unspecified atom stereocenters. The highest BCUT2D eigenvalue weighted by molar-refractivity contribution is 7.71. The van der Waals surface area contributed by atoms with E-state index in [1.54, 1.807) is 0 Å². The molecule has 0 fully saturated rings. The summed E-state index contributed by atoms with van der Waals surface area (Å²) >= 11 is 4.89. The number of aromatic amines is 1. The molecule has 1 aromatic heterocycles. The Labute approximate surface area is 97.1 Å². The lowest BCUT2D eigenvalue weighted by molar-refractivity contribution is 0.606. The van der Waals surface area contributed by atoms with Crippen LogP contribution in [0.4, 0.5) is 0 Å². The molecule has 0 aliphatic rings. The van der Waals surface area contributed by atoms with E-state index in [-0.39, 0.29) is 0 Å². The van der Waals surface area contributed by atoms with Crippen LogP contribution >= 0.6 is 12.2 Å². The number of H-pyrrole nitrogens is 1. The third-order valence-corrected chi connectivity index (χ3v) is 2.77. The van der Waals surface area contributed by atoms with Gasteiger partial charge in [-0.15, -0.1) is 0 Å². The molecule has 0 aliphatic carbocycles. The lowest BCUT2D eigenvalue weighted by atomic mass is 10.1. The van der Waals surface area contributed by atoms with Crippen molar-refractivity contribution in [1.82, 2.24) is 9.97 Å². The summed E-state index contributed by atoms with van der Waals surface area (Å²) in [6, 6.07) is 0. The molecule has 0 atom stereocenters. The van der Waals surface area contributed by atoms with E-state index < -0.39 is 0 Å². The standard InChI is InChI=1S/C12H20N2S/c1-2-3-4-5-6-7-8-11-9-13-12(15)14-10-11/h9-10H,2-8H2,1H3,(H,13,14,15). The van der Waals surface area contributed by atoms with Crippen molar-refractivity contribution in [2.75, 3.05) is 0 Å². The van der Waals surface area contributed by atoms with Crippen LogP contribution in [0, 0.1) is 4.77 Å². The second-order valence-corrected chi connectivity index (χ2v) is 4.33. The van der Waals surface area contributed by atoms with E-state index in [1.165, 1.54) is 44.1 Å². The Morgan fingerprint density at radius 1 is 1.20 bits per heavy atom. The summed E-state index contributed by atoms with van der Waals surface area (Å²) in [7, 11) is 0. The Morgan fingerprint density at radius 3 is 2.60 bits per heavy atom. The lowest BCUT2D eigenvalue weighted by Crippen LogP contribution is -1.89. The van der Waals surface area contributed by atoms with Gasteiger partial charge in [-0.25, -0.2) is 4.98 Å². The Kier molecular flexibility index (Phi) is 6.25. The van der Waals surface area contributed by atoms with E-state index in [0.717, 1.165) is 6.42 Å². The topological polar surface area (TPSA) is 28.7 Å². The Hall–Kier alpha value is -0.700. The van der Waals surface area contributed by atoms with Gasteiger partial charge in [-0.2, -0.15) is 0 Å². The molecule has 0 saturated heterocycles. The van der Waals surface area contributed by atoms with E-state index in [4.69, 9.17) is 12.2 Å². The number of unbranched alkanes of at least 4 members (excludes halogenated alkanes) is 5. The maximum atomic E-state index is 4.89. The first-order valence-corrected chi connectivity index (χ1v) is 6.27. The molecule has 2 nitrogen and oxygen atoms in total. The van der Waals surface area contributed by atoms with E-state index >= 15 is 0 Å². The smallest absolute Gasteiger partial charge is 0.196 e. The average Bonchev–Trinajstić information content (AvgIpc) is 2.26. The molecule has 0 spiro atoms. The minimum Gasteiger partial charge on any atom is -0.337 e. The van der Waals surface area contributed by atoms with Gasteiger partial charge in [0.15, 0.2) is 4.77 Å². The van der Waals surface area contributed by atoms with Crippen molar-refractivity contribution in [3.8, 4) is 0 Å². The number of nitrogens with one attached hydrogen (secondary N) is 1. The Bertz CT molecular complexity index is 299. The zero-order valence-electron chi connectivity index (χ0n) is 9.46. The summed E-state index contributed by atoms with van der Waals surface area (Å²) in [6.07, 6.45) is 13.0. The monoisotopic (exact) mass is 224 g/mol. The lowest BCUT2D eigenvalue weighted by Gasteiger charge is -2.01. The third kappa shape index (κ3) is 5.67. The van der Waals surface area contributed by atoms with Gasteiger partial charge in [0, 0.05) is 12.4 Å². The van der Waals surface area contributed by atoms with Crippen LogP contribution in [0.25, 0.3) is 0 Å². The van der Waals surface area contributed by atoms with Gasteiger partial charge >= 0.3 is 0 Å². The molecular formula is C12H20N2S. The second-order valence-electron chi connectivity index (χ2n) is 3.94. The largest absolute Gasteiger partial charge is 0.337 e. The normalized spacial score (nSPS) is 10.5. The highest BCUT2D eigenvalue weighted by Gasteiger charge is 1.93. The van der Waals surface area contributed by atoms with E-state index in [9.17, 15) is 0 Å². The first kappa shape index (κ1) is 12.4. The molecule has 0 radical (unpaired) electrons.